The summed E-state index contributed by atoms with van der Waals surface area (Å²) in [6.45, 7) is 4.10. The molecule has 1 rings (SSSR count). The molecule has 0 saturated carbocycles. The minimum Gasteiger partial charge on any atom is -0.369 e. The lowest BCUT2D eigenvalue weighted by Gasteiger charge is -2.18. The van der Waals surface area contributed by atoms with Crippen LogP contribution in [-0.4, -0.2) is 19.0 Å². The Kier molecular flexibility index (Phi) is 3.53. The van der Waals surface area contributed by atoms with E-state index in [0.29, 0.717) is 5.92 Å². The highest BCUT2D eigenvalue weighted by Gasteiger charge is 2.27. The molecule has 0 aliphatic carbocycles. The third-order valence-electron chi connectivity index (χ3n) is 2.63. The van der Waals surface area contributed by atoms with Gasteiger partial charge in [-0.1, -0.05) is 13.3 Å². The van der Waals surface area contributed by atoms with Crippen LogP contribution in [0.5, 0.6) is 0 Å². The van der Waals surface area contributed by atoms with E-state index in [9.17, 15) is 4.79 Å². The summed E-state index contributed by atoms with van der Waals surface area (Å²) in [6.07, 6.45) is 3.10. The number of nitrogens with one attached hydrogen (secondary N) is 1. The molecule has 1 aliphatic rings. The van der Waals surface area contributed by atoms with Gasteiger partial charge in [-0.05, 0) is 31.8 Å². The highest BCUT2D eigenvalue weighted by atomic mass is 16.1. The molecule has 0 radical (unpaired) electrons. The zero-order chi connectivity index (χ0) is 8.97. The molecule has 1 saturated heterocycles. The lowest BCUT2D eigenvalue weighted by Crippen LogP contribution is -2.31. The van der Waals surface area contributed by atoms with Gasteiger partial charge in [0.25, 0.3) is 0 Å². The molecule has 0 spiro atoms. The van der Waals surface area contributed by atoms with E-state index in [2.05, 4.69) is 12.2 Å². The SMILES string of the molecule is CCCC(C(N)=O)C1CCNC1. The third-order valence-corrected chi connectivity index (χ3v) is 2.63. The number of amides is 1. The Morgan fingerprint density at radius 2 is 2.50 bits per heavy atom. The van der Waals surface area contributed by atoms with E-state index >= 15 is 0 Å². The topological polar surface area (TPSA) is 55.1 Å². The standard InChI is InChI=1S/C9H18N2O/c1-2-3-8(9(10)12)7-4-5-11-6-7/h7-8,11H,2-6H2,1H3,(H2,10,12). The smallest absolute Gasteiger partial charge is 0.220 e. The minimum atomic E-state index is -0.120. The van der Waals surface area contributed by atoms with Crippen molar-refractivity contribution in [2.45, 2.75) is 26.2 Å². The number of rotatable bonds is 4. The van der Waals surface area contributed by atoms with Crippen molar-refractivity contribution in [2.75, 3.05) is 13.1 Å². The second-order valence-electron chi connectivity index (χ2n) is 3.55. The molecular formula is C9H18N2O. The second-order valence-corrected chi connectivity index (χ2v) is 3.55. The molecule has 1 fully saturated rings. The first kappa shape index (κ1) is 9.52. The molecule has 12 heavy (non-hydrogen) atoms. The van der Waals surface area contributed by atoms with Crippen molar-refractivity contribution in [2.24, 2.45) is 17.6 Å². The van der Waals surface area contributed by atoms with Gasteiger partial charge < -0.3 is 11.1 Å². The summed E-state index contributed by atoms with van der Waals surface area (Å²) in [7, 11) is 0. The van der Waals surface area contributed by atoms with E-state index in [1.165, 1.54) is 0 Å². The number of carbonyl (C=O) groups is 1. The molecule has 70 valence electrons. The molecule has 3 heteroatoms. The fraction of sp³-hybridized carbons (Fsp3) is 0.889. The van der Waals surface area contributed by atoms with Crippen LogP contribution >= 0.6 is 0 Å². The Hall–Kier alpha value is -0.570. The van der Waals surface area contributed by atoms with Crippen molar-refractivity contribution < 1.29 is 4.79 Å². The zero-order valence-electron chi connectivity index (χ0n) is 7.68. The first-order valence-corrected chi connectivity index (χ1v) is 4.75. The van der Waals surface area contributed by atoms with Gasteiger partial charge in [-0.2, -0.15) is 0 Å². The number of hydrogen-bond acceptors (Lipinski definition) is 2. The molecule has 0 aromatic carbocycles. The van der Waals surface area contributed by atoms with Gasteiger partial charge in [-0.15, -0.1) is 0 Å². The van der Waals surface area contributed by atoms with E-state index in [4.69, 9.17) is 5.73 Å². The van der Waals surface area contributed by atoms with E-state index in [-0.39, 0.29) is 11.8 Å². The van der Waals surface area contributed by atoms with Gasteiger partial charge in [0, 0.05) is 5.92 Å². The molecule has 3 nitrogen and oxygen atoms in total. The summed E-state index contributed by atoms with van der Waals surface area (Å²) < 4.78 is 0. The molecule has 0 bridgehead atoms. The number of primary amides is 1. The van der Waals surface area contributed by atoms with Crippen LogP contribution in [0.2, 0.25) is 0 Å². The second kappa shape index (κ2) is 4.45. The predicted octanol–water partition coefficient (Wildman–Crippen LogP) is 0.498. The molecule has 1 aliphatic heterocycles. The lowest BCUT2D eigenvalue weighted by atomic mass is 9.87. The maximum atomic E-state index is 11.1. The fourth-order valence-electron chi connectivity index (χ4n) is 1.94. The van der Waals surface area contributed by atoms with Crippen LogP contribution in [0.3, 0.4) is 0 Å². The summed E-state index contributed by atoms with van der Waals surface area (Å²) in [5, 5.41) is 3.26. The zero-order valence-corrected chi connectivity index (χ0v) is 7.68. The van der Waals surface area contributed by atoms with Crippen molar-refractivity contribution in [3.05, 3.63) is 0 Å². The molecule has 1 amide bonds. The Morgan fingerprint density at radius 3 is 2.92 bits per heavy atom. The molecule has 2 unspecified atom stereocenters. The average molecular weight is 170 g/mol. The monoisotopic (exact) mass is 170 g/mol. The van der Waals surface area contributed by atoms with Crippen molar-refractivity contribution in [1.82, 2.24) is 5.32 Å². The van der Waals surface area contributed by atoms with Crippen LogP contribution in [-0.2, 0) is 4.79 Å². The van der Waals surface area contributed by atoms with Crippen LogP contribution in [0.1, 0.15) is 26.2 Å². The lowest BCUT2D eigenvalue weighted by molar-refractivity contribution is -0.123. The van der Waals surface area contributed by atoms with Crippen molar-refractivity contribution in [3.8, 4) is 0 Å². The van der Waals surface area contributed by atoms with Crippen LogP contribution < -0.4 is 11.1 Å². The van der Waals surface area contributed by atoms with Gasteiger partial charge in [0.1, 0.15) is 0 Å². The molecule has 0 aromatic rings. The average Bonchev–Trinajstić information content (AvgIpc) is 2.51. The maximum absolute atomic E-state index is 11.1. The number of hydrogen-bond donors (Lipinski definition) is 2. The highest BCUT2D eigenvalue weighted by molar-refractivity contribution is 5.77. The minimum absolute atomic E-state index is 0.102. The summed E-state index contributed by atoms with van der Waals surface area (Å²) in [4.78, 5) is 11.1. The Bertz CT molecular complexity index is 153. The van der Waals surface area contributed by atoms with E-state index in [1.54, 1.807) is 0 Å². The van der Waals surface area contributed by atoms with Gasteiger partial charge in [0.2, 0.25) is 5.91 Å². The molecule has 0 aromatic heterocycles. The maximum Gasteiger partial charge on any atom is 0.220 e. The summed E-state index contributed by atoms with van der Waals surface area (Å²) in [5.41, 5.74) is 5.34. The van der Waals surface area contributed by atoms with Gasteiger partial charge in [0.15, 0.2) is 0 Å². The van der Waals surface area contributed by atoms with Crippen LogP contribution in [0.25, 0.3) is 0 Å². The number of carbonyl (C=O) groups excluding carboxylic acids is 1. The van der Waals surface area contributed by atoms with Gasteiger partial charge >= 0.3 is 0 Å². The Morgan fingerprint density at radius 1 is 1.75 bits per heavy atom. The highest BCUT2D eigenvalue weighted by Crippen LogP contribution is 2.22. The van der Waals surface area contributed by atoms with E-state index < -0.39 is 0 Å². The van der Waals surface area contributed by atoms with Gasteiger partial charge in [0.05, 0.1) is 0 Å². The van der Waals surface area contributed by atoms with Crippen molar-refractivity contribution >= 4 is 5.91 Å². The Labute approximate surface area is 73.7 Å². The molecule has 2 atom stereocenters. The first-order chi connectivity index (χ1) is 5.75. The first-order valence-electron chi connectivity index (χ1n) is 4.75. The van der Waals surface area contributed by atoms with E-state index in [1.807, 2.05) is 0 Å². The third kappa shape index (κ3) is 2.21. The van der Waals surface area contributed by atoms with Crippen molar-refractivity contribution in [3.63, 3.8) is 0 Å². The number of nitrogens with two attached hydrogens (primary N) is 1. The molecule has 3 N–H and O–H groups in total. The van der Waals surface area contributed by atoms with Crippen LogP contribution in [0.15, 0.2) is 0 Å². The summed E-state index contributed by atoms with van der Waals surface area (Å²) >= 11 is 0. The van der Waals surface area contributed by atoms with Crippen LogP contribution in [0, 0.1) is 11.8 Å². The van der Waals surface area contributed by atoms with Gasteiger partial charge in [-0.25, -0.2) is 0 Å². The van der Waals surface area contributed by atoms with Crippen molar-refractivity contribution in [1.29, 1.82) is 0 Å². The summed E-state index contributed by atoms with van der Waals surface area (Å²) in [6, 6.07) is 0. The van der Waals surface area contributed by atoms with Crippen LogP contribution in [0.4, 0.5) is 0 Å². The molecular weight excluding hydrogens is 152 g/mol. The quantitative estimate of drug-likeness (QED) is 0.645. The van der Waals surface area contributed by atoms with E-state index in [0.717, 1.165) is 32.4 Å². The fourth-order valence-corrected chi connectivity index (χ4v) is 1.94. The Balaban J connectivity index is 2.45. The summed E-state index contributed by atoms with van der Waals surface area (Å²) in [5.74, 6) is 0.470. The molecule has 1 heterocycles. The largest absolute Gasteiger partial charge is 0.369 e. The van der Waals surface area contributed by atoms with Gasteiger partial charge in [-0.3, -0.25) is 4.79 Å². The predicted molar refractivity (Wildman–Crippen MR) is 48.6 cm³/mol. The normalized spacial score (nSPS) is 25.6.